The predicted molar refractivity (Wildman–Crippen MR) is 79.0 cm³/mol. The maximum absolute atomic E-state index is 12.7. The highest BCUT2D eigenvalue weighted by molar-refractivity contribution is 7.92. The third-order valence-electron chi connectivity index (χ3n) is 2.88. The zero-order chi connectivity index (χ0) is 14.8. The molecule has 2 aromatic rings. The number of sulfonamides is 1. The smallest absolute Gasteiger partial charge is 0.281 e. The maximum atomic E-state index is 12.7. The SMILES string of the molecule is CCCN(c1ccccc1N)S(=O)(=O)c1cnc(C)[nH]1. The Balaban J connectivity index is 2.51. The van der Waals surface area contributed by atoms with Crippen molar-refractivity contribution >= 4 is 21.4 Å². The van der Waals surface area contributed by atoms with Crippen molar-refractivity contribution in [2.45, 2.75) is 25.3 Å². The van der Waals surface area contributed by atoms with Gasteiger partial charge in [-0.15, -0.1) is 0 Å². The van der Waals surface area contributed by atoms with Crippen molar-refractivity contribution in [1.29, 1.82) is 0 Å². The summed E-state index contributed by atoms with van der Waals surface area (Å²) in [6, 6.07) is 6.93. The first kappa shape index (κ1) is 14.4. The Labute approximate surface area is 118 Å². The van der Waals surface area contributed by atoms with Gasteiger partial charge in [0.05, 0.1) is 17.6 Å². The molecule has 0 bridgehead atoms. The highest BCUT2D eigenvalue weighted by atomic mass is 32.2. The summed E-state index contributed by atoms with van der Waals surface area (Å²) in [6.45, 7) is 3.98. The summed E-state index contributed by atoms with van der Waals surface area (Å²) in [7, 11) is -3.68. The van der Waals surface area contributed by atoms with Crippen LogP contribution in [0.1, 0.15) is 19.2 Å². The normalized spacial score (nSPS) is 11.5. The van der Waals surface area contributed by atoms with Crippen molar-refractivity contribution in [3.63, 3.8) is 0 Å². The fourth-order valence-electron chi connectivity index (χ4n) is 1.94. The standard InChI is InChI=1S/C13H18N4O2S/c1-3-8-17(12-7-5-4-6-11(12)14)20(18,19)13-9-15-10(2)16-13/h4-7,9H,3,8,14H2,1-2H3,(H,15,16). The Kier molecular flexibility index (Phi) is 3.99. The van der Waals surface area contributed by atoms with Gasteiger partial charge in [-0.25, -0.2) is 4.98 Å². The summed E-state index contributed by atoms with van der Waals surface area (Å²) >= 11 is 0. The number of rotatable bonds is 5. The number of H-pyrrole nitrogens is 1. The van der Waals surface area contributed by atoms with Gasteiger partial charge in [0.2, 0.25) is 0 Å². The lowest BCUT2D eigenvalue weighted by molar-refractivity contribution is 0.587. The van der Waals surface area contributed by atoms with E-state index in [0.717, 1.165) is 0 Å². The molecule has 7 heteroatoms. The van der Waals surface area contributed by atoms with Crippen LogP contribution in [-0.2, 0) is 10.0 Å². The Morgan fingerprint density at radius 2 is 2.05 bits per heavy atom. The molecule has 0 unspecified atom stereocenters. The molecule has 20 heavy (non-hydrogen) atoms. The molecule has 0 aliphatic rings. The predicted octanol–water partition coefficient (Wildman–Crippen LogP) is 1.91. The number of benzene rings is 1. The first-order valence-electron chi connectivity index (χ1n) is 6.35. The van der Waals surface area contributed by atoms with Crippen LogP contribution in [0.3, 0.4) is 0 Å². The number of hydrogen-bond donors (Lipinski definition) is 2. The largest absolute Gasteiger partial charge is 0.397 e. The van der Waals surface area contributed by atoms with Crippen LogP contribution in [0.15, 0.2) is 35.5 Å². The molecular weight excluding hydrogens is 276 g/mol. The molecule has 0 atom stereocenters. The fraction of sp³-hybridized carbons (Fsp3) is 0.308. The van der Waals surface area contributed by atoms with Gasteiger partial charge >= 0.3 is 0 Å². The maximum Gasteiger partial charge on any atom is 0.281 e. The highest BCUT2D eigenvalue weighted by Gasteiger charge is 2.27. The van der Waals surface area contributed by atoms with Crippen LogP contribution in [0.5, 0.6) is 0 Å². The number of aromatic nitrogens is 2. The molecule has 1 heterocycles. The molecule has 0 amide bonds. The van der Waals surface area contributed by atoms with E-state index >= 15 is 0 Å². The van der Waals surface area contributed by atoms with Crippen LogP contribution in [0, 0.1) is 6.92 Å². The van der Waals surface area contributed by atoms with Gasteiger partial charge in [-0.1, -0.05) is 19.1 Å². The second kappa shape index (κ2) is 5.54. The molecule has 0 aliphatic heterocycles. The van der Waals surface area contributed by atoms with Crippen molar-refractivity contribution in [3.05, 3.63) is 36.3 Å². The second-order valence-electron chi connectivity index (χ2n) is 4.47. The number of imidazole rings is 1. The Morgan fingerprint density at radius 3 is 2.60 bits per heavy atom. The number of nitrogen functional groups attached to an aromatic ring is 1. The number of aryl methyl sites for hydroxylation is 1. The van der Waals surface area contributed by atoms with Crippen LogP contribution in [0.2, 0.25) is 0 Å². The van der Waals surface area contributed by atoms with E-state index in [1.807, 2.05) is 6.92 Å². The molecule has 0 saturated heterocycles. The second-order valence-corrected chi connectivity index (χ2v) is 6.30. The van der Waals surface area contributed by atoms with Crippen molar-refractivity contribution < 1.29 is 8.42 Å². The Morgan fingerprint density at radius 1 is 1.35 bits per heavy atom. The molecular formula is C13H18N4O2S. The summed E-state index contributed by atoms with van der Waals surface area (Å²) in [6.07, 6.45) is 2.01. The van der Waals surface area contributed by atoms with Gasteiger partial charge in [0, 0.05) is 6.54 Å². The van der Waals surface area contributed by atoms with E-state index in [-0.39, 0.29) is 5.03 Å². The number of nitrogens with one attached hydrogen (secondary N) is 1. The molecule has 0 fully saturated rings. The topological polar surface area (TPSA) is 92.1 Å². The fourth-order valence-corrected chi connectivity index (χ4v) is 3.48. The minimum Gasteiger partial charge on any atom is -0.397 e. The van der Waals surface area contributed by atoms with Gasteiger partial charge in [0.25, 0.3) is 10.0 Å². The number of aromatic amines is 1. The number of nitrogens with two attached hydrogens (primary N) is 1. The van der Waals surface area contributed by atoms with E-state index in [9.17, 15) is 8.42 Å². The van der Waals surface area contributed by atoms with Gasteiger partial charge in [0.1, 0.15) is 5.82 Å². The van der Waals surface area contributed by atoms with Gasteiger partial charge in [0.15, 0.2) is 5.03 Å². The first-order chi connectivity index (χ1) is 9.46. The number of hydrogen-bond acceptors (Lipinski definition) is 4. The van der Waals surface area contributed by atoms with Gasteiger partial charge < -0.3 is 10.7 Å². The molecule has 6 nitrogen and oxygen atoms in total. The van der Waals surface area contributed by atoms with Gasteiger partial charge in [-0.3, -0.25) is 4.31 Å². The summed E-state index contributed by atoms with van der Waals surface area (Å²) in [5, 5.41) is 0.0757. The third kappa shape index (κ3) is 2.62. The molecule has 1 aromatic carbocycles. The van der Waals surface area contributed by atoms with E-state index < -0.39 is 10.0 Å². The minimum atomic E-state index is -3.68. The minimum absolute atomic E-state index is 0.0757. The summed E-state index contributed by atoms with van der Waals surface area (Å²) in [5.41, 5.74) is 6.82. The monoisotopic (exact) mass is 294 g/mol. The lowest BCUT2D eigenvalue weighted by Crippen LogP contribution is -2.32. The first-order valence-corrected chi connectivity index (χ1v) is 7.79. The van der Waals surface area contributed by atoms with E-state index in [4.69, 9.17) is 5.73 Å². The Hall–Kier alpha value is -2.02. The lowest BCUT2D eigenvalue weighted by Gasteiger charge is -2.24. The Bertz CT molecular complexity index is 694. The number of para-hydroxylation sites is 2. The van der Waals surface area contributed by atoms with Crippen molar-refractivity contribution in [1.82, 2.24) is 9.97 Å². The van der Waals surface area contributed by atoms with E-state index in [0.29, 0.717) is 30.2 Å². The number of nitrogens with zero attached hydrogens (tertiary/aromatic N) is 2. The average Bonchev–Trinajstić information content (AvgIpc) is 2.84. The summed E-state index contributed by atoms with van der Waals surface area (Å²) < 4.78 is 26.7. The molecule has 0 radical (unpaired) electrons. The van der Waals surface area contributed by atoms with Crippen molar-refractivity contribution in [3.8, 4) is 0 Å². The van der Waals surface area contributed by atoms with Crippen LogP contribution in [0.4, 0.5) is 11.4 Å². The molecule has 0 spiro atoms. The van der Waals surface area contributed by atoms with Crippen LogP contribution in [-0.4, -0.2) is 24.9 Å². The van der Waals surface area contributed by atoms with Crippen LogP contribution in [0.25, 0.3) is 0 Å². The zero-order valence-corrected chi connectivity index (χ0v) is 12.3. The van der Waals surface area contributed by atoms with E-state index in [1.165, 1.54) is 10.5 Å². The van der Waals surface area contributed by atoms with Crippen molar-refractivity contribution in [2.24, 2.45) is 0 Å². The summed E-state index contributed by atoms with van der Waals surface area (Å²) in [5.74, 6) is 0.557. The van der Waals surface area contributed by atoms with E-state index in [1.54, 1.807) is 31.2 Å². The molecule has 0 saturated carbocycles. The van der Waals surface area contributed by atoms with Crippen molar-refractivity contribution in [2.75, 3.05) is 16.6 Å². The van der Waals surface area contributed by atoms with Gasteiger partial charge in [-0.2, -0.15) is 8.42 Å². The van der Waals surface area contributed by atoms with Gasteiger partial charge in [-0.05, 0) is 25.5 Å². The van der Waals surface area contributed by atoms with Crippen LogP contribution < -0.4 is 10.0 Å². The highest BCUT2D eigenvalue weighted by Crippen LogP contribution is 2.28. The van der Waals surface area contributed by atoms with E-state index in [2.05, 4.69) is 9.97 Å². The summed E-state index contributed by atoms with van der Waals surface area (Å²) in [4.78, 5) is 6.71. The number of anilines is 2. The molecule has 1 aromatic heterocycles. The molecule has 108 valence electrons. The molecule has 0 aliphatic carbocycles. The van der Waals surface area contributed by atoms with Crippen LogP contribution >= 0.6 is 0 Å². The molecule has 3 N–H and O–H groups in total. The molecule has 2 rings (SSSR count). The lowest BCUT2D eigenvalue weighted by atomic mass is 10.2. The third-order valence-corrected chi connectivity index (χ3v) is 4.60. The average molecular weight is 294 g/mol. The quantitative estimate of drug-likeness (QED) is 0.824. The zero-order valence-electron chi connectivity index (χ0n) is 11.5.